The van der Waals surface area contributed by atoms with E-state index >= 15 is 0 Å². The van der Waals surface area contributed by atoms with Crippen LogP contribution in [0.5, 0.6) is 5.75 Å². The maximum atomic E-state index is 12.7. The topological polar surface area (TPSA) is 75.9 Å². The van der Waals surface area contributed by atoms with Crippen LogP contribution >= 0.6 is 0 Å². The normalized spacial score (nSPS) is 16.8. The maximum absolute atomic E-state index is 12.7. The number of carbonyl (C=O) groups is 2. The van der Waals surface area contributed by atoms with Gasteiger partial charge in [0.05, 0.1) is 17.4 Å². The predicted octanol–water partition coefficient (Wildman–Crippen LogP) is 1.80. The maximum Gasteiger partial charge on any atom is 0.288 e. The smallest absolute Gasteiger partial charge is 0.288 e. The van der Waals surface area contributed by atoms with Crippen LogP contribution in [0.3, 0.4) is 0 Å². The van der Waals surface area contributed by atoms with Crippen LogP contribution < -0.4 is 15.0 Å². The number of anilines is 1. The minimum Gasteiger partial charge on any atom is -0.489 e. The fourth-order valence-corrected chi connectivity index (χ4v) is 3.04. The van der Waals surface area contributed by atoms with Crippen LogP contribution in [0.1, 0.15) is 16.2 Å². The highest BCUT2D eigenvalue weighted by Crippen LogP contribution is 2.29. The summed E-state index contributed by atoms with van der Waals surface area (Å²) >= 11 is 0. The van der Waals surface area contributed by atoms with Gasteiger partial charge in [0.25, 0.3) is 11.8 Å². The molecule has 0 radical (unpaired) electrons. The molecule has 3 aromatic rings. The summed E-state index contributed by atoms with van der Waals surface area (Å²) in [7, 11) is 1.67. The van der Waals surface area contributed by atoms with Crippen molar-refractivity contribution < 1.29 is 14.3 Å². The minimum absolute atomic E-state index is 0.0638. The van der Waals surface area contributed by atoms with Gasteiger partial charge in [-0.25, -0.2) is 4.98 Å². The zero-order valence-electron chi connectivity index (χ0n) is 14.5. The standard InChI is InChI=1S/C19H18N4O3/c1-12-7-8-13-9-20-17(23(13)10-12)18(24)21-14-11-26-16-6-4-3-5-15(16)22(2)19(14)25/h3-10,14H,11H2,1-2H3,(H,21,24)/t14-/m0/s1. The van der Waals surface area contributed by atoms with E-state index in [2.05, 4.69) is 10.3 Å². The van der Waals surface area contributed by atoms with Crippen LogP contribution in [0.4, 0.5) is 5.69 Å². The molecule has 0 unspecified atom stereocenters. The number of fused-ring (bicyclic) bond motifs is 2. The number of benzene rings is 1. The summed E-state index contributed by atoms with van der Waals surface area (Å²) in [5, 5.41) is 2.75. The first-order valence-corrected chi connectivity index (χ1v) is 8.28. The second kappa shape index (κ2) is 6.18. The number of aryl methyl sites for hydroxylation is 1. The Morgan fingerprint density at radius 1 is 1.27 bits per heavy atom. The molecular formula is C19H18N4O3. The highest BCUT2D eigenvalue weighted by molar-refractivity contribution is 6.02. The third kappa shape index (κ3) is 2.67. The third-order valence-electron chi connectivity index (χ3n) is 4.44. The molecule has 7 heteroatoms. The molecule has 7 nitrogen and oxygen atoms in total. The molecule has 0 aliphatic carbocycles. The largest absolute Gasteiger partial charge is 0.489 e. The first-order chi connectivity index (χ1) is 12.5. The lowest BCUT2D eigenvalue weighted by Crippen LogP contribution is -2.49. The first kappa shape index (κ1) is 16.1. The summed E-state index contributed by atoms with van der Waals surface area (Å²) in [6.07, 6.45) is 3.46. The Morgan fingerprint density at radius 3 is 2.92 bits per heavy atom. The Kier molecular flexibility index (Phi) is 3.84. The molecule has 0 saturated heterocycles. The minimum atomic E-state index is -0.794. The van der Waals surface area contributed by atoms with Gasteiger partial charge < -0.3 is 15.0 Å². The Labute approximate surface area is 150 Å². The number of rotatable bonds is 2. The van der Waals surface area contributed by atoms with Gasteiger partial charge in [-0.2, -0.15) is 0 Å². The number of nitrogens with one attached hydrogen (secondary N) is 1. The second-order valence-corrected chi connectivity index (χ2v) is 6.29. The SMILES string of the molecule is Cc1ccc2cnc(C(=O)N[C@H]3COc4ccccc4N(C)C3=O)n2c1. The molecule has 0 spiro atoms. The molecule has 132 valence electrons. The van der Waals surface area contributed by atoms with Crippen LogP contribution in [0.25, 0.3) is 5.52 Å². The average Bonchev–Trinajstić information content (AvgIpc) is 3.02. The molecule has 1 N–H and O–H groups in total. The summed E-state index contributed by atoms with van der Waals surface area (Å²) in [4.78, 5) is 31.1. The monoisotopic (exact) mass is 350 g/mol. The Hall–Kier alpha value is -3.35. The second-order valence-electron chi connectivity index (χ2n) is 6.29. The van der Waals surface area contributed by atoms with Crippen molar-refractivity contribution in [2.45, 2.75) is 13.0 Å². The van der Waals surface area contributed by atoms with Gasteiger partial charge in [0.15, 0.2) is 0 Å². The molecule has 2 aromatic heterocycles. The van der Waals surface area contributed by atoms with Gasteiger partial charge in [-0.15, -0.1) is 0 Å². The molecule has 0 saturated carbocycles. The average molecular weight is 350 g/mol. The van der Waals surface area contributed by atoms with E-state index in [1.165, 1.54) is 4.90 Å². The Balaban J connectivity index is 1.60. The van der Waals surface area contributed by atoms with E-state index in [0.717, 1.165) is 11.1 Å². The van der Waals surface area contributed by atoms with Crippen LogP contribution in [0.2, 0.25) is 0 Å². The number of amides is 2. The summed E-state index contributed by atoms with van der Waals surface area (Å²) < 4.78 is 7.44. The Morgan fingerprint density at radius 2 is 2.08 bits per heavy atom. The third-order valence-corrected chi connectivity index (χ3v) is 4.44. The number of aromatic nitrogens is 2. The van der Waals surface area contributed by atoms with E-state index in [0.29, 0.717) is 11.4 Å². The van der Waals surface area contributed by atoms with Crippen molar-refractivity contribution in [3.05, 3.63) is 60.2 Å². The van der Waals surface area contributed by atoms with Crippen LogP contribution in [0.15, 0.2) is 48.8 Å². The van der Waals surface area contributed by atoms with E-state index < -0.39 is 11.9 Å². The molecule has 1 atom stereocenters. The van der Waals surface area contributed by atoms with E-state index in [4.69, 9.17) is 4.74 Å². The number of hydrogen-bond donors (Lipinski definition) is 1. The lowest BCUT2D eigenvalue weighted by atomic mass is 10.2. The van der Waals surface area contributed by atoms with Crippen molar-refractivity contribution in [1.29, 1.82) is 0 Å². The van der Waals surface area contributed by atoms with Gasteiger partial charge in [-0.3, -0.25) is 14.0 Å². The molecule has 3 heterocycles. The van der Waals surface area contributed by atoms with Crippen molar-refractivity contribution in [2.24, 2.45) is 0 Å². The summed E-state index contributed by atoms with van der Waals surface area (Å²) in [6.45, 7) is 2.00. The van der Waals surface area contributed by atoms with Gasteiger partial charge >= 0.3 is 0 Å². The van der Waals surface area contributed by atoms with Gasteiger partial charge in [-0.1, -0.05) is 18.2 Å². The lowest BCUT2D eigenvalue weighted by Gasteiger charge is -2.20. The quantitative estimate of drug-likeness (QED) is 0.765. The fourth-order valence-electron chi connectivity index (χ4n) is 3.04. The molecule has 1 aliphatic heterocycles. The number of hydrogen-bond acceptors (Lipinski definition) is 4. The van der Waals surface area contributed by atoms with E-state index in [-0.39, 0.29) is 18.3 Å². The summed E-state index contributed by atoms with van der Waals surface area (Å²) in [5.41, 5.74) is 2.50. The molecule has 0 bridgehead atoms. The van der Waals surface area contributed by atoms with E-state index in [1.54, 1.807) is 23.7 Å². The summed E-state index contributed by atoms with van der Waals surface area (Å²) in [5.74, 6) is 0.195. The molecular weight excluding hydrogens is 332 g/mol. The molecule has 0 fully saturated rings. The van der Waals surface area contributed by atoms with Gasteiger partial charge in [0, 0.05) is 13.2 Å². The van der Waals surface area contributed by atoms with Crippen molar-refractivity contribution in [2.75, 3.05) is 18.6 Å². The first-order valence-electron chi connectivity index (χ1n) is 8.28. The zero-order valence-corrected chi connectivity index (χ0v) is 14.5. The number of nitrogens with zero attached hydrogens (tertiary/aromatic N) is 3. The molecule has 26 heavy (non-hydrogen) atoms. The zero-order chi connectivity index (χ0) is 18.3. The van der Waals surface area contributed by atoms with Crippen molar-refractivity contribution in [3.63, 3.8) is 0 Å². The number of para-hydroxylation sites is 2. The van der Waals surface area contributed by atoms with Crippen molar-refractivity contribution in [3.8, 4) is 5.75 Å². The lowest BCUT2D eigenvalue weighted by molar-refractivity contribution is -0.120. The molecule has 4 rings (SSSR count). The predicted molar refractivity (Wildman–Crippen MR) is 96.5 cm³/mol. The van der Waals surface area contributed by atoms with Crippen LogP contribution in [-0.2, 0) is 4.79 Å². The van der Waals surface area contributed by atoms with Gasteiger partial charge in [-0.05, 0) is 30.7 Å². The fraction of sp³-hybridized carbons (Fsp3) is 0.211. The number of likely N-dealkylation sites (N-methyl/N-ethyl adjacent to an activating group) is 1. The molecule has 1 aliphatic rings. The molecule has 1 aromatic carbocycles. The van der Waals surface area contributed by atoms with Crippen molar-refractivity contribution >= 4 is 23.0 Å². The number of imidazole rings is 1. The van der Waals surface area contributed by atoms with Crippen LogP contribution in [-0.4, -0.2) is 40.9 Å². The number of ether oxygens (including phenoxy) is 1. The van der Waals surface area contributed by atoms with E-state index in [9.17, 15) is 9.59 Å². The number of carbonyl (C=O) groups excluding carboxylic acids is 2. The van der Waals surface area contributed by atoms with Gasteiger partial charge in [0.1, 0.15) is 18.4 Å². The van der Waals surface area contributed by atoms with Gasteiger partial charge in [0.2, 0.25) is 5.82 Å². The Bertz CT molecular complexity index is 1010. The summed E-state index contributed by atoms with van der Waals surface area (Å²) in [6, 6.07) is 10.3. The molecule has 2 amide bonds. The highest BCUT2D eigenvalue weighted by Gasteiger charge is 2.31. The van der Waals surface area contributed by atoms with Crippen molar-refractivity contribution in [1.82, 2.24) is 14.7 Å². The highest BCUT2D eigenvalue weighted by atomic mass is 16.5. The number of pyridine rings is 1. The van der Waals surface area contributed by atoms with Crippen LogP contribution in [0, 0.1) is 6.92 Å². The van der Waals surface area contributed by atoms with E-state index in [1.807, 2.05) is 43.5 Å².